The molecule has 1 aliphatic heterocycles. The number of carbonyl (C=O) groups is 1. The second-order valence-electron chi connectivity index (χ2n) is 9.03. The van der Waals surface area contributed by atoms with E-state index in [9.17, 15) is 4.79 Å². The number of amides is 1. The molecule has 6 atom stereocenters. The number of rotatable bonds is 5. The van der Waals surface area contributed by atoms with Crippen molar-refractivity contribution in [3.05, 3.63) is 34.3 Å². The Hall–Kier alpha value is 0.272. The third kappa shape index (κ3) is 3.94. The topological polar surface area (TPSA) is 50.4 Å². The molecule has 3 saturated carbocycles. The smallest absolute Gasteiger partial charge is 0.257 e. The number of fused-ring (bicyclic) bond motifs is 1. The SMILES string of the molecule is C=C=C(OC1(C)CCCCC1)C1C2CC3C(N[C-](C)C31)C2NC(=O)C(=C)I.[U]. The minimum absolute atomic E-state index is 0. The van der Waals surface area contributed by atoms with Gasteiger partial charge in [-0.3, -0.25) is 10.8 Å². The van der Waals surface area contributed by atoms with Crippen LogP contribution in [0.3, 0.4) is 0 Å². The summed E-state index contributed by atoms with van der Waals surface area (Å²) in [6, 6.07) is 1.76. The minimum Gasteiger partial charge on any atom is -0.484 e. The largest absolute Gasteiger partial charge is 0.484 e. The fraction of sp³-hybridized carbons (Fsp3) is 0.682. The molecule has 0 spiro atoms. The summed E-state index contributed by atoms with van der Waals surface area (Å²) in [5.41, 5.74) is 3.07. The Balaban J connectivity index is 0.00000225. The molecule has 6 heteroatoms. The summed E-state index contributed by atoms with van der Waals surface area (Å²) < 4.78 is 7.17. The molecule has 0 aromatic rings. The van der Waals surface area contributed by atoms with E-state index in [1.807, 2.05) is 22.6 Å². The zero-order valence-corrected chi connectivity index (χ0v) is 23.1. The Bertz CT molecular complexity index is 699. The van der Waals surface area contributed by atoms with Crippen molar-refractivity contribution in [1.82, 2.24) is 10.6 Å². The first-order valence-corrected chi connectivity index (χ1v) is 11.3. The van der Waals surface area contributed by atoms with Gasteiger partial charge in [-0.25, -0.2) is 0 Å². The van der Waals surface area contributed by atoms with Gasteiger partial charge < -0.3 is 15.4 Å². The fourth-order valence-electron chi connectivity index (χ4n) is 6.23. The minimum atomic E-state index is -0.102. The predicted molar refractivity (Wildman–Crippen MR) is 115 cm³/mol. The van der Waals surface area contributed by atoms with Gasteiger partial charge in [-0.1, -0.05) is 25.3 Å². The summed E-state index contributed by atoms with van der Waals surface area (Å²) in [4.78, 5) is 12.3. The van der Waals surface area contributed by atoms with Crippen LogP contribution in [0.2, 0.25) is 0 Å². The van der Waals surface area contributed by atoms with Crippen molar-refractivity contribution in [3.8, 4) is 0 Å². The molecule has 152 valence electrons. The zero-order chi connectivity index (χ0) is 19.3. The fourth-order valence-corrected chi connectivity index (χ4v) is 6.39. The van der Waals surface area contributed by atoms with Crippen molar-refractivity contribution in [3.63, 3.8) is 0 Å². The molecule has 0 aromatic carbocycles. The van der Waals surface area contributed by atoms with Crippen LogP contribution in [0.15, 0.2) is 28.2 Å². The number of ether oxygens (including phenoxy) is 1. The quantitative estimate of drug-likeness (QED) is 0.147. The molecular formula is C22H30IN2O2U-. The van der Waals surface area contributed by atoms with E-state index in [1.54, 1.807) is 0 Å². The van der Waals surface area contributed by atoms with Gasteiger partial charge in [0.15, 0.2) is 0 Å². The molecule has 4 rings (SSSR count). The maximum atomic E-state index is 12.3. The normalized spacial score (nSPS) is 37.7. The van der Waals surface area contributed by atoms with Crippen LogP contribution in [-0.2, 0) is 9.53 Å². The van der Waals surface area contributed by atoms with Crippen molar-refractivity contribution in [2.45, 2.75) is 70.1 Å². The van der Waals surface area contributed by atoms with Crippen molar-refractivity contribution < 1.29 is 40.6 Å². The van der Waals surface area contributed by atoms with Crippen molar-refractivity contribution in [1.29, 1.82) is 0 Å². The maximum absolute atomic E-state index is 12.3. The first kappa shape index (κ1) is 22.9. The molecule has 2 bridgehead atoms. The van der Waals surface area contributed by atoms with E-state index in [1.165, 1.54) is 25.3 Å². The number of hydrogen-bond donors (Lipinski definition) is 2. The van der Waals surface area contributed by atoms with Gasteiger partial charge in [0, 0.05) is 49.1 Å². The van der Waals surface area contributed by atoms with E-state index in [-0.39, 0.29) is 54.6 Å². The third-order valence-electron chi connectivity index (χ3n) is 7.35. The number of carbonyl (C=O) groups excluding carboxylic acids is 1. The van der Waals surface area contributed by atoms with Crippen LogP contribution in [0.4, 0.5) is 0 Å². The van der Waals surface area contributed by atoms with Gasteiger partial charge >= 0.3 is 0 Å². The molecule has 3 aliphatic carbocycles. The van der Waals surface area contributed by atoms with Gasteiger partial charge in [-0.15, -0.1) is 5.92 Å². The van der Waals surface area contributed by atoms with Gasteiger partial charge in [0.1, 0.15) is 11.4 Å². The van der Waals surface area contributed by atoms with E-state index in [2.05, 4.69) is 43.4 Å². The average molecular weight is 719 g/mol. The standard InChI is InChI=1S/C22H30IN2O2.U/c1-5-16(27-22(4)9-7-6-8-10-22)18-15-11-14-17(18)13(3)24-19(14)20(15)25-21(26)12(2)23;/h14-15,17-20,24H,1-2,6-11H2,3-4H3,(H,25,26);/q-1;. The van der Waals surface area contributed by atoms with Crippen LogP contribution in [0.1, 0.15) is 52.4 Å². The molecule has 28 heavy (non-hydrogen) atoms. The molecule has 4 aliphatic rings. The zero-order valence-electron chi connectivity index (χ0n) is 16.8. The summed E-state index contributed by atoms with van der Waals surface area (Å²) in [6.45, 7) is 12.2. The third-order valence-corrected chi connectivity index (χ3v) is 7.84. The van der Waals surface area contributed by atoms with Crippen LogP contribution in [0.25, 0.3) is 0 Å². The van der Waals surface area contributed by atoms with Crippen molar-refractivity contribution >= 4 is 28.5 Å². The molecule has 1 heterocycles. The first-order chi connectivity index (χ1) is 12.8. The predicted octanol–water partition coefficient (Wildman–Crippen LogP) is 4.23. The Morgan fingerprint density at radius 2 is 2.00 bits per heavy atom. The molecular weight excluding hydrogens is 689 g/mol. The van der Waals surface area contributed by atoms with Crippen molar-refractivity contribution in [2.24, 2.45) is 23.7 Å². The molecule has 1 amide bonds. The van der Waals surface area contributed by atoms with Gasteiger partial charge in [0.05, 0.1) is 3.58 Å². The molecule has 0 aromatic heterocycles. The Morgan fingerprint density at radius 1 is 1.32 bits per heavy atom. The van der Waals surface area contributed by atoms with Crippen LogP contribution in [0.5, 0.6) is 0 Å². The summed E-state index contributed by atoms with van der Waals surface area (Å²) in [5.74, 6) is 2.51. The first-order valence-electron chi connectivity index (χ1n) is 10.2. The van der Waals surface area contributed by atoms with E-state index in [4.69, 9.17) is 4.74 Å². The number of nitrogens with one attached hydrogen (secondary N) is 2. The van der Waals surface area contributed by atoms with Crippen molar-refractivity contribution in [2.75, 3.05) is 0 Å². The summed E-state index contributed by atoms with van der Waals surface area (Å²) >= 11 is 2.00. The molecule has 6 unspecified atom stereocenters. The second kappa shape index (κ2) is 8.79. The van der Waals surface area contributed by atoms with E-state index in [0.717, 1.165) is 25.0 Å². The van der Waals surface area contributed by atoms with Gasteiger partial charge in [-0.05, 0) is 73.5 Å². The summed E-state index contributed by atoms with van der Waals surface area (Å²) in [7, 11) is 0. The Morgan fingerprint density at radius 3 is 2.61 bits per heavy atom. The molecule has 2 N–H and O–H groups in total. The van der Waals surface area contributed by atoms with E-state index < -0.39 is 0 Å². The molecule has 1 saturated heterocycles. The summed E-state index contributed by atoms with van der Waals surface area (Å²) in [6.07, 6.45) is 7.08. The number of allylic oxidation sites excluding steroid dienone is 1. The number of halogens is 1. The maximum Gasteiger partial charge on any atom is 0.257 e. The monoisotopic (exact) mass is 719 g/mol. The van der Waals surface area contributed by atoms with Crippen LogP contribution < -0.4 is 10.6 Å². The molecule has 0 radical (unpaired) electrons. The average Bonchev–Trinajstić information content (AvgIpc) is 3.24. The van der Waals surface area contributed by atoms with Gasteiger partial charge in [0.2, 0.25) is 0 Å². The van der Waals surface area contributed by atoms with Crippen LogP contribution >= 0.6 is 22.6 Å². The Kier molecular flexibility index (Phi) is 7.20. The van der Waals surface area contributed by atoms with Gasteiger partial charge in [0.25, 0.3) is 5.91 Å². The van der Waals surface area contributed by atoms with E-state index in [0.29, 0.717) is 27.4 Å². The molecule has 4 fully saturated rings. The second-order valence-corrected chi connectivity index (χ2v) is 10.3. The van der Waals surface area contributed by atoms with Crippen LogP contribution in [-0.4, -0.2) is 23.6 Å². The summed E-state index contributed by atoms with van der Waals surface area (Å²) in [5, 5.41) is 6.92. The Labute approximate surface area is 206 Å². The van der Waals surface area contributed by atoms with Gasteiger partial charge in [-0.2, -0.15) is 6.92 Å². The number of hydrogen-bond acceptors (Lipinski definition) is 3. The molecule has 4 nitrogen and oxygen atoms in total. The van der Waals surface area contributed by atoms with E-state index >= 15 is 0 Å². The van der Waals surface area contributed by atoms with Crippen LogP contribution in [0, 0.1) is 60.8 Å².